The van der Waals surface area contributed by atoms with Crippen molar-refractivity contribution in [2.75, 3.05) is 5.73 Å². The second kappa shape index (κ2) is 5.27. The van der Waals surface area contributed by atoms with Crippen LogP contribution in [0.25, 0.3) is 0 Å². The summed E-state index contributed by atoms with van der Waals surface area (Å²) in [7, 11) is 0. The van der Waals surface area contributed by atoms with Crippen LogP contribution < -0.4 is 5.73 Å². The topological polar surface area (TPSA) is 49.8 Å². The van der Waals surface area contributed by atoms with E-state index in [0.29, 0.717) is 21.8 Å². The molecular formula is C15H9ClN2. The monoisotopic (exact) mass is 252 g/mol. The molecule has 0 saturated carbocycles. The number of halogens is 1. The van der Waals surface area contributed by atoms with Gasteiger partial charge in [-0.2, -0.15) is 5.26 Å². The van der Waals surface area contributed by atoms with E-state index < -0.39 is 0 Å². The Morgan fingerprint density at radius 2 is 1.61 bits per heavy atom. The van der Waals surface area contributed by atoms with Crippen LogP contribution in [-0.2, 0) is 0 Å². The van der Waals surface area contributed by atoms with Crippen LogP contribution in [0.4, 0.5) is 5.69 Å². The second-order valence-corrected chi connectivity index (χ2v) is 4.11. The normalized spacial score (nSPS) is 9.11. The Kier molecular flexibility index (Phi) is 3.53. The molecule has 0 aliphatic rings. The van der Waals surface area contributed by atoms with Gasteiger partial charge in [0.1, 0.15) is 0 Å². The maximum atomic E-state index is 8.69. The van der Waals surface area contributed by atoms with Crippen molar-refractivity contribution in [2.45, 2.75) is 0 Å². The lowest BCUT2D eigenvalue weighted by Gasteiger charge is -1.97. The SMILES string of the molecule is N#Cc1ccc(C#Cc2cc(Cl)ccc2N)cc1. The van der Waals surface area contributed by atoms with E-state index in [4.69, 9.17) is 22.6 Å². The number of anilines is 1. The first-order valence-electron chi connectivity index (χ1n) is 5.26. The van der Waals surface area contributed by atoms with Crippen molar-refractivity contribution in [1.29, 1.82) is 5.26 Å². The Bertz CT molecular complexity index is 670. The number of nitrogens with two attached hydrogens (primary N) is 1. The first kappa shape index (κ1) is 12.0. The van der Waals surface area contributed by atoms with Gasteiger partial charge < -0.3 is 5.73 Å². The van der Waals surface area contributed by atoms with Crippen LogP contribution in [0.3, 0.4) is 0 Å². The van der Waals surface area contributed by atoms with Gasteiger partial charge in [-0.1, -0.05) is 23.4 Å². The summed E-state index contributed by atoms with van der Waals surface area (Å²) in [6.07, 6.45) is 0. The van der Waals surface area contributed by atoms with E-state index in [-0.39, 0.29) is 0 Å². The standard InChI is InChI=1S/C15H9ClN2/c16-14-7-8-15(18)13(9-14)6-5-11-1-3-12(10-17)4-2-11/h1-4,7-9H,18H2. The van der Waals surface area contributed by atoms with Crippen molar-refractivity contribution < 1.29 is 0 Å². The Balaban J connectivity index is 2.31. The van der Waals surface area contributed by atoms with E-state index in [1.807, 2.05) is 0 Å². The number of nitrogen functional groups attached to an aromatic ring is 1. The van der Waals surface area contributed by atoms with E-state index in [1.54, 1.807) is 42.5 Å². The molecule has 86 valence electrons. The van der Waals surface area contributed by atoms with Gasteiger partial charge in [0.15, 0.2) is 0 Å². The van der Waals surface area contributed by atoms with Crippen molar-refractivity contribution >= 4 is 17.3 Å². The van der Waals surface area contributed by atoms with Crippen LogP contribution >= 0.6 is 11.6 Å². The summed E-state index contributed by atoms with van der Waals surface area (Å²) in [5, 5.41) is 9.29. The predicted molar refractivity (Wildman–Crippen MR) is 73.0 cm³/mol. The lowest BCUT2D eigenvalue weighted by molar-refractivity contribution is 1.48. The van der Waals surface area contributed by atoms with Crippen LogP contribution in [0, 0.1) is 23.2 Å². The highest BCUT2D eigenvalue weighted by Crippen LogP contribution is 2.16. The molecule has 2 rings (SSSR count). The van der Waals surface area contributed by atoms with E-state index >= 15 is 0 Å². The minimum absolute atomic E-state index is 0.598. The fraction of sp³-hybridized carbons (Fsp3) is 0. The van der Waals surface area contributed by atoms with Crippen LogP contribution in [0.15, 0.2) is 42.5 Å². The molecule has 0 aromatic heterocycles. The van der Waals surface area contributed by atoms with E-state index in [9.17, 15) is 0 Å². The van der Waals surface area contributed by atoms with E-state index in [2.05, 4.69) is 17.9 Å². The Hall–Kier alpha value is -2.42. The molecular weight excluding hydrogens is 244 g/mol. The van der Waals surface area contributed by atoms with Crippen LogP contribution in [0.5, 0.6) is 0 Å². The first-order valence-corrected chi connectivity index (χ1v) is 5.64. The molecule has 2 aromatic rings. The van der Waals surface area contributed by atoms with Gasteiger partial charge in [0.25, 0.3) is 0 Å². The van der Waals surface area contributed by atoms with Crippen LogP contribution in [0.1, 0.15) is 16.7 Å². The molecule has 18 heavy (non-hydrogen) atoms. The molecule has 0 radical (unpaired) electrons. The summed E-state index contributed by atoms with van der Waals surface area (Å²) in [5.41, 5.74) is 8.53. The number of rotatable bonds is 0. The predicted octanol–water partition coefficient (Wildman–Crippen LogP) is 3.19. The molecule has 3 heteroatoms. The molecule has 2 nitrogen and oxygen atoms in total. The van der Waals surface area contributed by atoms with Crippen molar-refractivity contribution in [3.05, 3.63) is 64.2 Å². The van der Waals surface area contributed by atoms with E-state index in [1.165, 1.54) is 0 Å². The highest BCUT2D eigenvalue weighted by Gasteiger charge is 1.96. The third kappa shape index (κ3) is 2.83. The third-order valence-electron chi connectivity index (χ3n) is 2.37. The Morgan fingerprint density at radius 1 is 0.944 bits per heavy atom. The summed E-state index contributed by atoms with van der Waals surface area (Å²) < 4.78 is 0. The van der Waals surface area contributed by atoms with Crippen molar-refractivity contribution in [3.8, 4) is 17.9 Å². The summed E-state index contributed by atoms with van der Waals surface area (Å²) in [6.45, 7) is 0. The van der Waals surface area contributed by atoms with E-state index in [0.717, 1.165) is 5.56 Å². The lowest BCUT2D eigenvalue weighted by atomic mass is 10.1. The summed E-state index contributed by atoms with van der Waals surface area (Å²) in [5.74, 6) is 5.95. The van der Waals surface area contributed by atoms with Crippen molar-refractivity contribution in [2.24, 2.45) is 0 Å². The highest BCUT2D eigenvalue weighted by atomic mass is 35.5. The summed E-state index contributed by atoms with van der Waals surface area (Å²) in [4.78, 5) is 0. The van der Waals surface area contributed by atoms with Gasteiger partial charge in [-0.15, -0.1) is 0 Å². The zero-order chi connectivity index (χ0) is 13.0. The zero-order valence-corrected chi connectivity index (χ0v) is 10.2. The van der Waals surface area contributed by atoms with Crippen LogP contribution in [0.2, 0.25) is 5.02 Å². The molecule has 0 amide bonds. The summed E-state index contributed by atoms with van der Waals surface area (Å²) in [6, 6.07) is 14.3. The molecule has 2 aromatic carbocycles. The average Bonchev–Trinajstić information content (AvgIpc) is 2.40. The zero-order valence-electron chi connectivity index (χ0n) is 9.44. The van der Waals surface area contributed by atoms with Gasteiger partial charge in [0, 0.05) is 21.8 Å². The molecule has 2 N–H and O–H groups in total. The maximum absolute atomic E-state index is 8.69. The molecule has 0 atom stereocenters. The smallest absolute Gasteiger partial charge is 0.0991 e. The minimum Gasteiger partial charge on any atom is -0.398 e. The lowest BCUT2D eigenvalue weighted by Crippen LogP contribution is -1.89. The third-order valence-corrected chi connectivity index (χ3v) is 2.61. The largest absolute Gasteiger partial charge is 0.398 e. The van der Waals surface area contributed by atoms with Gasteiger partial charge in [-0.3, -0.25) is 0 Å². The molecule has 0 heterocycles. The quantitative estimate of drug-likeness (QED) is 0.578. The molecule has 0 fully saturated rings. The maximum Gasteiger partial charge on any atom is 0.0991 e. The fourth-order valence-corrected chi connectivity index (χ4v) is 1.58. The fourth-order valence-electron chi connectivity index (χ4n) is 1.40. The first-order chi connectivity index (χ1) is 8.69. The van der Waals surface area contributed by atoms with Gasteiger partial charge in [-0.25, -0.2) is 0 Å². The second-order valence-electron chi connectivity index (χ2n) is 3.67. The molecule has 0 spiro atoms. The average molecular weight is 253 g/mol. The number of benzene rings is 2. The molecule has 0 saturated heterocycles. The van der Waals surface area contributed by atoms with Gasteiger partial charge >= 0.3 is 0 Å². The minimum atomic E-state index is 0.598. The summed E-state index contributed by atoms with van der Waals surface area (Å²) >= 11 is 5.88. The Morgan fingerprint density at radius 3 is 2.28 bits per heavy atom. The Labute approximate surface area is 111 Å². The number of hydrogen-bond acceptors (Lipinski definition) is 2. The molecule has 0 aliphatic carbocycles. The van der Waals surface area contributed by atoms with Gasteiger partial charge in [0.2, 0.25) is 0 Å². The highest BCUT2D eigenvalue weighted by molar-refractivity contribution is 6.30. The molecule has 0 bridgehead atoms. The van der Waals surface area contributed by atoms with Gasteiger partial charge in [0.05, 0.1) is 11.6 Å². The molecule has 0 aliphatic heterocycles. The van der Waals surface area contributed by atoms with Crippen LogP contribution in [-0.4, -0.2) is 0 Å². The molecule has 0 unspecified atom stereocenters. The number of hydrogen-bond donors (Lipinski definition) is 1. The van der Waals surface area contributed by atoms with Gasteiger partial charge in [-0.05, 0) is 42.5 Å². The van der Waals surface area contributed by atoms with Crippen molar-refractivity contribution in [3.63, 3.8) is 0 Å². The number of nitriles is 1. The van der Waals surface area contributed by atoms with Crippen molar-refractivity contribution in [1.82, 2.24) is 0 Å². The number of nitrogens with zero attached hydrogens (tertiary/aromatic N) is 1.